The van der Waals surface area contributed by atoms with Crippen LogP contribution >= 0.6 is 11.8 Å². The van der Waals surface area contributed by atoms with E-state index in [1.807, 2.05) is 0 Å². The van der Waals surface area contributed by atoms with Gasteiger partial charge in [0, 0.05) is 18.6 Å². The van der Waals surface area contributed by atoms with E-state index in [-0.39, 0.29) is 41.8 Å². The molecule has 2 rings (SSSR count). The second kappa shape index (κ2) is 11.5. The third-order valence-corrected chi connectivity index (χ3v) is 7.23. The maximum atomic E-state index is 12.5. The summed E-state index contributed by atoms with van der Waals surface area (Å²) in [7, 11) is 0. The molecule has 1 saturated carbocycles. The van der Waals surface area contributed by atoms with E-state index in [1.165, 1.54) is 0 Å². The molecule has 6 nitrogen and oxygen atoms in total. The summed E-state index contributed by atoms with van der Waals surface area (Å²) in [5.41, 5.74) is -0.143. The summed E-state index contributed by atoms with van der Waals surface area (Å²) in [4.78, 5) is 27.8. The van der Waals surface area contributed by atoms with Crippen molar-refractivity contribution in [2.24, 2.45) is 22.2 Å². The molecule has 0 bridgehead atoms. The molecular formula is C23H39NO5S. The highest BCUT2D eigenvalue weighted by Gasteiger charge is 2.33. The van der Waals surface area contributed by atoms with Crippen molar-refractivity contribution in [3.8, 4) is 0 Å². The van der Waals surface area contributed by atoms with Crippen molar-refractivity contribution in [2.75, 3.05) is 5.75 Å². The summed E-state index contributed by atoms with van der Waals surface area (Å²) in [6.07, 6.45) is 6.03. The van der Waals surface area contributed by atoms with Gasteiger partial charge in [0.2, 0.25) is 0 Å². The van der Waals surface area contributed by atoms with Crippen LogP contribution < -0.4 is 0 Å². The van der Waals surface area contributed by atoms with Gasteiger partial charge in [-0.3, -0.25) is 14.6 Å². The van der Waals surface area contributed by atoms with Gasteiger partial charge in [0.25, 0.3) is 0 Å². The Morgan fingerprint density at radius 2 is 1.90 bits per heavy atom. The molecule has 0 aromatic rings. The van der Waals surface area contributed by atoms with Crippen LogP contribution in [0.1, 0.15) is 85.5 Å². The van der Waals surface area contributed by atoms with Gasteiger partial charge in [-0.15, -0.1) is 11.8 Å². The number of esters is 1. The van der Waals surface area contributed by atoms with Crippen LogP contribution in [0.15, 0.2) is 4.99 Å². The SMILES string of the molecule is C[C@H](CC(OC(=O)C1CCCC1)C(C)(C)C)C[C@H](O)CC1=N[C@@H](CCC(=O)O)CS1. The van der Waals surface area contributed by atoms with Crippen molar-refractivity contribution in [3.05, 3.63) is 0 Å². The summed E-state index contributed by atoms with van der Waals surface area (Å²) in [6.45, 7) is 8.41. The summed E-state index contributed by atoms with van der Waals surface area (Å²) in [5.74, 6) is 0.232. The fourth-order valence-electron chi connectivity index (χ4n) is 4.21. The standard InChI is InChI=1S/C23H39NO5S/c1-15(11-18(25)13-20-24-17(14-30-20)9-10-21(26)27)12-19(23(2,3)4)29-22(28)16-7-5-6-8-16/h15-19,25H,5-14H2,1-4H3,(H,26,27)/t15-,17-,18-,19?/m0/s1. The van der Waals surface area contributed by atoms with Crippen molar-refractivity contribution in [1.29, 1.82) is 0 Å². The first kappa shape index (κ1) is 25.2. The predicted octanol–water partition coefficient (Wildman–Crippen LogP) is 4.68. The fourth-order valence-corrected chi connectivity index (χ4v) is 5.37. The van der Waals surface area contributed by atoms with Gasteiger partial charge in [-0.2, -0.15) is 0 Å². The molecule has 1 heterocycles. The second-order valence-corrected chi connectivity index (χ2v) is 11.2. The lowest BCUT2D eigenvalue weighted by Crippen LogP contribution is -2.35. The predicted molar refractivity (Wildman–Crippen MR) is 121 cm³/mol. The number of hydrogen-bond donors (Lipinski definition) is 2. The largest absolute Gasteiger partial charge is 0.481 e. The first-order valence-corrected chi connectivity index (χ1v) is 12.3. The molecule has 2 aliphatic rings. The number of rotatable bonds is 11. The van der Waals surface area contributed by atoms with E-state index in [4.69, 9.17) is 9.84 Å². The maximum Gasteiger partial charge on any atom is 0.309 e. The molecule has 0 amide bonds. The van der Waals surface area contributed by atoms with Gasteiger partial charge in [-0.25, -0.2) is 0 Å². The molecule has 172 valence electrons. The molecule has 1 aliphatic carbocycles. The van der Waals surface area contributed by atoms with Crippen LogP contribution in [0.25, 0.3) is 0 Å². The molecule has 1 aliphatic heterocycles. The molecule has 1 unspecified atom stereocenters. The van der Waals surface area contributed by atoms with Crippen molar-refractivity contribution in [2.45, 2.75) is 104 Å². The first-order valence-electron chi connectivity index (χ1n) is 11.3. The zero-order chi connectivity index (χ0) is 22.3. The topological polar surface area (TPSA) is 96.2 Å². The van der Waals surface area contributed by atoms with Crippen molar-refractivity contribution >= 4 is 28.7 Å². The van der Waals surface area contributed by atoms with E-state index in [0.29, 0.717) is 19.3 Å². The lowest BCUT2D eigenvalue weighted by Gasteiger charge is -2.33. The van der Waals surface area contributed by atoms with Gasteiger partial charge in [0.15, 0.2) is 0 Å². The lowest BCUT2D eigenvalue weighted by atomic mass is 9.82. The molecule has 0 radical (unpaired) electrons. The van der Waals surface area contributed by atoms with Crippen LogP contribution in [0.3, 0.4) is 0 Å². The van der Waals surface area contributed by atoms with Gasteiger partial charge >= 0.3 is 11.9 Å². The minimum Gasteiger partial charge on any atom is -0.481 e. The van der Waals surface area contributed by atoms with Crippen LogP contribution in [0.4, 0.5) is 0 Å². The molecule has 1 fully saturated rings. The Hall–Kier alpha value is -1.08. The molecule has 4 atom stereocenters. The molecular weight excluding hydrogens is 402 g/mol. The highest BCUT2D eigenvalue weighted by molar-refractivity contribution is 8.14. The molecule has 0 aromatic carbocycles. The fraction of sp³-hybridized carbons (Fsp3) is 0.870. The summed E-state index contributed by atoms with van der Waals surface area (Å²) < 4.78 is 5.95. The maximum absolute atomic E-state index is 12.5. The number of carboxylic acids is 1. The van der Waals surface area contributed by atoms with Crippen molar-refractivity contribution in [3.63, 3.8) is 0 Å². The zero-order valence-electron chi connectivity index (χ0n) is 18.9. The van der Waals surface area contributed by atoms with Gasteiger partial charge in [0.05, 0.1) is 23.1 Å². The summed E-state index contributed by atoms with van der Waals surface area (Å²) in [5, 5.41) is 20.3. The molecule has 0 spiro atoms. The molecule has 2 N–H and O–H groups in total. The van der Waals surface area contributed by atoms with Gasteiger partial charge < -0.3 is 14.9 Å². The number of carbonyl (C=O) groups is 2. The highest BCUT2D eigenvalue weighted by Crippen LogP contribution is 2.33. The lowest BCUT2D eigenvalue weighted by molar-refractivity contribution is -0.161. The van der Waals surface area contributed by atoms with E-state index < -0.39 is 12.1 Å². The number of nitrogens with zero attached hydrogens (tertiary/aromatic N) is 1. The van der Waals surface area contributed by atoms with Crippen molar-refractivity contribution in [1.82, 2.24) is 0 Å². The monoisotopic (exact) mass is 441 g/mol. The van der Waals surface area contributed by atoms with Gasteiger partial charge in [0.1, 0.15) is 6.10 Å². The number of hydrogen-bond acceptors (Lipinski definition) is 6. The van der Waals surface area contributed by atoms with Crippen LogP contribution in [0, 0.1) is 17.3 Å². The number of aliphatic carboxylic acids is 1. The Labute approximate surface area is 185 Å². The van der Waals surface area contributed by atoms with E-state index in [9.17, 15) is 14.7 Å². The van der Waals surface area contributed by atoms with Crippen molar-refractivity contribution < 1.29 is 24.5 Å². The number of ether oxygens (including phenoxy) is 1. The van der Waals surface area contributed by atoms with Crippen LogP contribution in [0.5, 0.6) is 0 Å². The minimum absolute atomic E-state index is 0.0472. The van der Waals surface area contributed by atoms with E-state index >= 15 is 0 Å². The number of thioether (sulfide) groups is 1. The molecule has 0 saturated heterocycles. The Bertz CT molecular complexity index is 609. The molecule has 30 heavy (non-hydrogen) atoms. The average molecular weight is 442 g/mol. The van der Waals surface area contributed by atoms with Gasteiger partial charge in [-0.05, 0) is 43.4 Å². The number of aliphatic imine (C=N–C) groups is 1. The van der Waals surface area contributed by atoms with Crippen LogP contribution in [-0.2, 0) is 14.3 Å². The Balaban J connectivity index is 1.81. The third kappa shape index (κ3) is 8.58. The Morgan fingerprint density at radius 1 is 1.23 bits per heavy atom. The van der Waals surface area contributed by atoms with E-state index in [2.05, 4.69) is 32.7 Å². The number of aliphatic hydroxyl groups excluding tert-OH is 1. The van der Waals surface area contributed by atoms with E-state index in [0.717, 1.165) is 42.9 Å². The number of carbonyl (C=O) groups excluding carboxylic acids is 1. The Kier molecular flexibility index (Phi) is 9.67. The average Bonchev–Trinajstić information content (AvgIpc) is 3.30. The summed E-state index contributed by atoms with van der Waals surface area (Å²) >= 11 is 1.63. The van der Waals surface area contributed by atoms with Crippen LogP contribution in [0.2, 0.25) is 0 Å². The Morgan fingerprint density at radius 3 is 2.50 bits per heavy atom. The van der Waals surface area contributed by atoms with Gasteiger partial charge in [-0.1, -0.05) is 40.5 Å². The first-order chi connectivity index (χ1) is 14.0. The van der Waals surface area contributed by atoms with Crippen LogP contribution in [-0.4, -0.2) is 51.2 Å². The minimum atomic E-state index is -0.792. The molecule has 0 aromatic heterocycles. The highest BCUT2D eigenvalue weighted by atomic mass is 32.2. The quantitative estimate of drug-likeness (QED) is 0.452. The normalized spacial score (nSPS) is 23.1. The second-order valence-electron chi connectivity index (χ2n) is 10.1. The molecule has 7 heteroatoms. The third-order valence-electron chi connectivity index (χ3n) is 6.07. The zero-order valence-corrected chi connectivity index (χ0v) is 19.7. The number of aliphatic hydroxyl groups is 1. The summed E-state index contributed by atoms with van der Waals surface area (Å²) in [6, 6.07) is 0.0472. The van der Waals surface area contributed by atoms with E-state index in [1.54, 1.807) is 11.8 Å². The number of carboxylic acid groups (broad SMARTS) is 1. The smallest absolute Gasteiger partial charge is 0.309 e.